The summed E-state index contributed by atoms with van der Waals surface area (Å²) in [4.78, 5) is 4.14. The van der Waals surface area contributed by atoms with Gasteiger partial charge in [-0.1, -0.05) is 25.1 Å². The van der Waals surface area contributed by atoms with Gasteiger partial charge in [0.2, 0.25) is 5.96 Å². The van der Waals surface area contributed by atoms with Gasteiger partial charge < -0.3 is 5.32 Å². The fraction of sp³-hybridized carbons (Fsp3) is 0.364. The number of aliphatic imine (C=N–C) groups is 1. The van der Waals surface area contributed by atoms with Crippen LogP contribution in [0.15, 0.2) is 29.3 Å². The lowest BCUT2D eigenvalue weighted by Gasteiger charge is -2.07. The molecule has 5 heteroatoms. The minimum atomic E-state index is -0.252. The number of hydrogen-bond acceptors (Lipinski definition) is 2. The molecule has 0 bridgehead atoms. The van der Waals surface area contributed by atoms with Crippen LogP contribution in [0.25, 0.3) is 0 Å². The molecule has 0 atom stereocenters. The van der Waals surface area contributed by atoms with Gasteiger partial charge in [-0.25, -0.2) is 15.2 Å². The molecule has 0 saturated carbocycles. The van der Waals surface area contributed by atoms with E-state index in [9.17, 15) is 4.39 Å². The van der Waals surface area contributed by atoms with E-state index in [1.807, 2.05) is 6.92 Å². The molecule has 88 valence electrons. The standard InChI is InChI=1S/C11H17FN4/c1-2-7-14-11(16-13)15-8-9-5-3-4-6-10(9)12/h3-6H,2,7-8,13H2,1H3,(H2,14,15,16). The molecule has 0 heterocycles. The van der Waals surface area contributed by atoms with Gasteiger partial charge in [0.1, 0.15) is 5.82 Å². The van der Waals surface area contributed by atoms with Gasteiger partial charge in [0.25, 0.3) is 0 Å². The molecule has 0 amide bonds. The van der Waals surface area contributed by atoms with Crippen molar-refractivity contribution in [2.45, 2.75) is 19.9 Å². The van der Waals surface area contributed by atoms with Crippen LogP contribution in [0.1, 0.15) is 18.9 Å². The molecule has 0 radical (unpaired) electrons. The zero-order chi connectivity index (χ0) is 11.8. The van der Waals surface area contributed by atoms with E-state index in [0.29, 0.717) is 11.5 Å². The third kappa shape index (κ3) is 3.86. The van der Waals surface area contributed by atoms with Crippen molar-refractivity contribution < 1.29 is 4.39 Å². The summed E-state index contributed by atoms with van der Waals surface area (Å²) in [5.74, 6) is 5.50. The third-order valence-electron chi connectivity index (χ3n) is 2.04. The van der Waals surface area contributed by atoms with E-state index in [0.717, 1.165) is 13.0 Å². The largest absolute Gasteiger partial charge is 0.355 e. The van der Waals surface area contributed by atoms with E-state index in [4.69, 9.17) is 5.84 Å². The highest BCUT2D eigenvalue weighted by Gasteiger charge is 2.00. The lowest BCUT2D eigenvalue weighted by molar-refractivity contribution is 0.610. The molecule has 0 fully saturated rings. The highest BCUT2D eigenvalue weighted by Crippen LogP contribution is 2.06. The van der Waals surface area contributed by atoms with Gasteiger partial charge in [-0.15, -0.1) is 0 Å². The number of benzene rings is 1. The zero-order valence-corrected chi connectivity index (χ0v) is 9.33. The van der Waals surface area contributed by atoms with Crippen molar-refractivity contribution in [2.75, 3.05) is 6.54 Å². The van der Waals surface area contributed by atoms with Gasteiger partial charge in [-0.05, 0) is 12.5 Å². The fourth-order valence-corrected chi connectivity index (χ4v) is 1.19. The summed E-state index contributed by atoms with van der Waals surface area (Å²) in [6.07, 6.45) is 0.973. The number of halogens is 1. The summed E-state index contributed by atoms with van der Waals surface area (Å²) in [6.45, 7) is 3.08. The van der Waals surface area contributed by atoms with E-state index in [2.05, 4.69) is 15.7 Å². The average Bonchev–Trinajstić information content (AvgIpc) is 2.31. The van der Waals surface area contributed by atoms with E-state index < -0.39 is 0 Å². The van der Waals surface area contributed by atoms with Gasteiger partial charge in [0, 0.05) is 12.1 Å². The summed E-state index contributed by atoms with van der Waals surface area (Å²) >= 11 is 0. The topological polar surface area (TPSA) is 62.4 Å². The van der Waals surface area contributed by atoms with Crippen molar-refractivity contribution in [3.05, 3.63) is 35.6 Å². The highest BCUT2D eigenvalue weighted by atomic mass is 19.1. The zero-order valence-electron chi connectivity index (χ0n) is 9.33. The normalized spacial score (nSPS) is 11.3. The predicted octanol–water partition coefficient (Wildman–Crippen LogP) is 1.14. The van der Waals surface area contributed by atoms with Crippen LogP contribution < -0.4 is 16.6 Å². The van der Waals surface area contributed by atoms with Crippen molar-refractivity contribution in [3.8, 4) is 0 Å². The second-order valence-corrected chi connectivity index (χ2v) is 3.33. The molecule has 1 rings (SSSR count). The Morgan fingerprint density at radius 3 is 2.81 bits per heavy atom. The van der Waals surface area contributed by atoms with Crippen molar-refractivity contribution in [1.82, 2.24) is 10.7 Å². The first-order valence-electron chi connectivity index (χ1n) is 5.26. The monoisotopic (exact) mass is 224 g/mol. The van der Waals surface area contributed by atoms with Gasteiger partial charge in [-0.3, -0.25) is 5.43 Å². The van der Waals surface area contributed by atoms with E-state index >= 15 is 0 Å². The maximum atomic E-state index is 13.3. The Labute approximate surface area is 94.7 Å². The Balaban J connectivity index is 2.59. The van der Waals surface area contributed by atoms with Gasteiger partial charge >= 0.3 is 0 Å². The fourth-order valence-electron chi connectivity index (χ4n) is 1.19. The summed E-state index contributed by atoms with van der Waals surface area (Å²) in [7, 11) is 0. The first-order valence-corrected chi connectivity index (χ1v) is 5.26. The molecule has 1 aromatic carbocycles. The molecule has 0 unspecified atom stereocenters. The van der Waals surface area contributed by atoms with Gasteiger partial charge in [0.15, 0.2) is 0 Å². The molecule has 0 aliphatic rings. The van der Waals surface area contributed by atoms with Crippen LogP contribution in [-0.2, 0) is 6.54 Å². The minimum Gasteiger partial charge on any atom is -0.355 e. The Kier molecular flexibility index (Phi) is 5.28. The average molecular weight is 224 g/mol. The Morgan fingerprint density at radius 2 is 2.19 bits per heavy atom. The smallest absolute Gasteiger partial charge is 0.206 e. The number of hydrazine groups is 1. The summed E-state index contributed by atoms with van der Waals surface area (Å²) in [6, 6.07) is 6.55. The molecular formula is C11H17FN4. The summed E-state index contributed by atoms with van der Waals surface area (Å²) < 4.78 is 13.3. The quantitative estimate of drug-likeness (QED) is 0.311. The maximum Gasteiger partial charge on any atom is 0.206 e. The number of hydrogen-bond donors (Lipinski definition) is 3. The van der Waals surface area contributed by atoms with Crippen LogP contribution in [0.5, 0.6) is 0 Å². The van der Waals surface area contributed by atoms with E-state index in [1.54, 1.807) is 18.2 Å². The van der Waals surface area contributed by atoms with Gasteiger partial charge in [-0.2, -0.15) is 0 Å². The summed E-state index contributed by atoms with van der Waals surface area (Å²) in [5, 5.41) is 3.00. The van der Waals surface area contributed by atoms with E-state index in [-0.39, 0.29) is 12.4 Å². The van der Waals surface area contributed by atoms with Crippen LogP contribution in [0.4, 0.5) is 4.39 Å². The van der Waals surface area contributed by atoms with Crippen molar-refractivity contribution in [2.24, 2.45) is 10.8 Å². The number of nitrogens with zero attached hydrogens (tertiary/aromatic N) is 1. The van der Waals surface area contributed by atoms with Crippen molar-refractivity contribution in [3.63, 3.8) is 0 Å². The highest BCUT2D eigenvalue weighted by molar-refractivity contribution is 5.79. The first kappa shape index (κ1) is 12.4. The van der Waals surface area contributed by atoms with Crippen LogP contribution in [-0.4, -0.2) is 12.5 Å². The van der Waals surface area contributed by atoms with E-state index in [1.165, 1.54) is 6.07 Å². The number of guanidine groups is 1. The molecule has 4 N–H and O–H groups in total. The second-order valence-electron chi connectivity index (χ2n) is 3.33. The predicted molar refractivity (Wildman–Crippen MR) is 63.2 cm³/mol. The Hall–Kier alpha value is -1.62. The molecular weight excluding hydrogens is 207 g/mol. The van der Waals surface area contributed by atoms with Crippen LogP contribution >= 0.6 is 0 Å². The number of rotatable bonds is 4. The molecule has 0 saturated heterocycles. The minimum absolute atomic E-state index is 0.252. The van der Waals surface area contributed by atoms with Gasteiger partial charge in [0.05, 0.1) is 6.54 Å². The van der Waals surface area contributed by atoms with Crippen LogP contribution in [0.2, 0.25) is 0 Å². The molecule has 4 nitrogen and oxygen atoms in total. The Morgan fingerprint density at radius 1 is 1.44 bits per heavy atom. The lowest BCUT2D eigenvalue weighted by atomic mass is 10.2. The molecule has 0 spiro atoms. The molecule has 0 aliphatic carbocycles. The molecule has 16 heavy (non-hydrogen) atoms. The molecule has 1 aromatic rings. The number of nitrogens with one attached hydrogen (secondary N) is 2. The van der Waals surface area contributed by atoms with Crippen molar-refractivity contribution in [1.29, 1.82) is 0 Å². The summed E-state index contributed by atoms with van der Waals surface area (Å²) in [5.41, 5.74) is 2.99. The Bertz CT molecular complexity index is 352. The molecule has 0 aromatic heterocycles. The SMILES string of the molecule is CCCNC(=NCc1ccccc1F)NN. The van der Waals surface area contributed by atoms with Crippen molar-refractivity contribution >= 4 is 5.96 Å². The maximum absolute atomic E-state index is 13.3. The lowest BCUT2D eigenvalue weighted by Crippen LogP contribution is -2.41. The molecule has 0 aliphatic heterocycles. The first-order chi connectivity index (χ1) is 7.77. The second kappa shape index (κ2) is 6.79. The van der Waals surface area contributed by atoms with Crippen LogP contribution in [0.3, 0.4) is 0 Å². The third-order valence-corrected chi connectivity index (χ3v) is 2.04. The number of nitrogens with two attached hydrogens (primary N) is 1. The van der Waals surface area contributed by atoms with Crippen LogP contribution in [0, 0.1) is 5.82 Å².